The number of fused-ring (bicyclic) bond motifs is 1. The summed E-state index contributed by atoms with van der Waals surface area (Å²) >= 11 is 7.20. The van der Waals surface area contributed by atoms with Crippen LogP contribution >= 0.6 is 22.9 Å². The van der Waals surface area contributed by atoms with Gasteiger partial charge < -0.3 is 15.4 Å². The second-order valence-corrected chi connectivity index (χ2v) is 12.3. The van der Waals surface area contributed by atoms with E-state index in [1.165, 1.54) is 11.3 Å². The minimum absolute atomic E-state index is 0.0820. The van der Waals surface area contributed by atoms with Gasteiger partial charge in [0.25, 0.3) is 5.91 Å². The number of carbonyl (C=O) groups is 3. The molecule has 0 spiro atoms. The Morgan fingerprint density at radius 2 is 1.79 bits per heavy atom. The standard InChI is InChI=1S/C26H29ClFN3O6S2/c1-15(2)12-20(30-25(33)22-13-16-6-4-5-7-21(16)38-22)24(32)29-11-10-19(26(34)37-3)31-39(35,36)23-9-8-17(28)14-18(23)27/h4-9,13-15,19-20,31H,10-12H2,1-3H3,(H,29,32)(H,30,33)/t19-,20+/m1/s1. The maximum Gasteiger partial charge on any atom is 0.323 e. The van der Waals surface area contributed by atoms with Crippen LogP contribution in [0, 0.1) is 11.7 Å². The molecule has 2 aromatic carbocycles. The van der Waals surface area contributed by atoms with Crippen molar-refractivity contribution in [3.05, 3.63) is 64.2 Å². The van der Waals surface area contributed by atoms with Gasteiger partial charge in [0.2, 0.25) is 15.9 Å². The largest absolute Gasteiger partial charge is 0.468 e. The summed E-state index contributed by atoms with van der Waals surface area (Å²) in [6.07, 6.45) is 0.202. The van der Waals surface area contributed by atoms with Crippen molar-refractivity contribution >= 4 is 60.8 Å². The predicted octanol–water partition coefficient (Wildman–Crippen LogP) is 3.86. The number of hydrogen-bond donors (Lipinski definition) is 3. The Balaban J connectivity index is 1.66. The van der Waals surface area contributed by atoms with Gasteiger partial charge in [0.1, 0.15) is 22.8 Å². The van der Waals surface area contributed by atoms with E-state index in [1.807, 2.05) is 38.1 Å². The molecule has 0 aliphatic rings. The van der Waals surface area contributed by atoms with Crippen LogP contribution in [-0.2, 0) is 24.3 Å². The van der Waals surface area contributed by atoms with Gasteiger partial charge in [0, 0.05) is 11.2 Å². The first-order chi connectivity index (χ1) is 18.4. The molecule has 2 atom stereocenters. The predicted molar refractivity (Wildman–Crippen MR) is 148 cm³/mol. The molecule has 39 heavy (non-hydrogen) atoms. The number of amides is 2. The van der Waals surface area contributed by atoms with Gasteiger partial charge >= 0.3 is 5.97 Å². The molecule has 0 saturated heterocycles. The van der Waals surface area contributed by atoms with E-state index >= 15 is 0 Å². The highest BCUT2D eigenvalue weighted by molar-refractivity contribution is 7.89. The Morgan fingerprint density at radius 1 is 1.08 bits per heavy atom. The summed E-state index contributed by atoms with van der Waals surface area (Å²) in [5, 5.41) is 6.01. The smallest absolute Gasteiger partial charge is 0.323 e. The Hall–Kier alpha value is -3.06. The van der Waals surface area contributed by atoms with Gasteiger partial charge in [-0.05, 0) is 54.5 Å². The first-order valence-electron chi connectivity index (χ1n) is 12.0. The van der Waals surface area contributed by atoms with E-state index < -0.39 is 44.7 Å². The highest BCUT2D eigenvalue weighted by Crippen LogP contribution is 2.25. The second-order valence-electron chi connectivity index (χ2n) is 9.16. The van der Waals surface area contributed by atoms with Gasteiger partial charge in [-0.3, -0.25) is 14.4 Å². The highest BCUT2D eigenvalue weighted by atomic mass is 35.5. The molecule has 3 N–H and O–H groups in total. The normalized spacial score (nSPS) is 13.2. The van der Waals surface area contributed by atoms with Gasteiger partial charge in [0.15, 0.2) is 0 Å². The van der Waals surface area contributed by atoms with E-state index in [0.717, 1.165) is 35.4 Å². The SMILES string of the molecule is COC(=O)[C@@H](CCNC(=O)[C@H](CC(C)C)NC(=O)c1cc2ccccc2s1)NS(=O)(=O)c1ccc(F)cc1Cl. The van der Waals surface area contributed by atoms with Gasteiger partial charge in [-0.25, -0.2) is 12.8 Å². The molecule has 3 aromatic rings. The fraction of sp³-hybridized carbons (Fsp3) is 0.346. The van der Waals surface area contributed by atoms with Crippen LogP contribution in [0.4, 0.5) is 4.39 Å². The molecule has 0 aliphatic carbocycles. The van der Waals surface area contributed by atoms with Crippen molar-refractivity contribution in [1.82, 2.24) is 15.4 Å². The Kier molecular flexibility index (Phi) is 10.4. The maximum absolute atomic E-state index is 13.4. The van der Waals surface area contributed by atoms with Gasteiger partial charge in [0.05, 0.1) is 17.0 Å². The minimum atomic E-state index is -4.32. The monoisotopic (exact) mass is 597 g/mol. The molecule has 3 rings (SSSR count). The molecule has 0 aliphatic heterocycles. The number of halogens is 2. The number of carbonyl (C=O) groups excluding carboxylic acids is 3. The van der Waals surface area contributed by atoms with E-state index in [-0.39, 0.29) is 29.8 Å². The average molecular weight is 598 g/mol. The first-order valence-corrected chi connectivity index (χ1v) is 14.7. The van der Waals surface area contributed by atoms with Gasteiger partial charge in [-0.15, -0.1) is 11.3 Å². The van der Waals surface area contributed by atoms with Crippen molar-refractivity contribution in [3.8, 4) is 0 Å². The van der Waals surface area contributed by atoms with Crippen LogP contribution in [-0.4, -0.2) is 51.9 Å². The molecule has 0 unspecified atom stereocenters. The Morgan fingerprint density at radius 3 is 2.44 bits per heavy atom. The molecular formula is C26H29ClFN3O6S2. The topological polar surface area (TPSA) is 131 Å². The lowest BCUT2D eigenvalue weighted by molar-refractivity contribution is -0.142. The zero-order valence-corrected chi connectivity index (χ0v) is 23.9. The van der Waals surface area contributed by atoms with Crippen molar-refractivity contribution in [3.63, 3.8) is 0 Å². The summed E-state index contributed by atoms with van der Waals surface area (Å²) in [6.45, 7) is 3.72. The Labute approximate surface area is 235 Å². The molecule has 0 radical (unpaired) electrons. The number of ether oxygens (including phenoxy) is 1. The lowest BCUT2D eigenvalue weighted by atomic mass is 10.0. The summed E-state index contributed by atoms with van der Waals surface area (Å²) in [5.74, 6) is -2.39. The summed E-state index contributed by atoms with van der Waals surface area (Å²) < 4.78 is 46.8. The molecule has 0 fully saturated rings. The minimum Gasteiger partial charge on any atom is -0.468 e. The number of nitrogens with one attached hydrogen (secondary N) is 3. The highest BCUT2D eigenvalue weighted by Gasteiger charge is 2.29. The van der Waals surface area contributed by atoms with E-state index in [4.69, 9.17) is 16.3 Å². The number of sulfonamides is 1. The number of benzene rings is 2. The second kappa shape index (κ2) is 13.3. The summed E-state index contributed by atoms with van der Waals surface area (Å²) in [6, 6.07) is 9.86. The molecule has 2 amide bonds. The molecule has 210 valence electrons. The van der Waals surface area contributed by atoms with Gasteiger partial charge in [-0.2, -0.15) is 4.72 Å². The van der Waals surface area contributed by atoms with E-state index in [0.29, 0.717) is 11.3 Å². The third-order valence-corrected chi connectivity index (χ3v) is 8.75. The molecular weight excluding hydrogens is 569 g/mol. The zero-order chi connectivity index (χ0) is 28.7. The summed E-state index contributed by atoms with van der Waals surface area (Å²) in [7, 11) is -3.23. The molecule has 0 bridgehead atoms. The van der Waals surface area contributed by atoms with E-state index in [1.54, 1.807) is 6.07 Å². The van der Waals surface area contributed by atoms with Crippen molar-refractivity contribution in [2.45, 2.75) is 43.7 Å². The first kappa shape index (κ1) is 30.5. The zero-order valence-electron chi connectivity index (χ0n) is 21.5. The molecule has 0 saturated carbocycles. The number of rotatable bonds is 12. The van der Waals surface area contributed by atoms with Crippen LogP contribution < -0.4 is 15.4 Å². The van der Waals surface area contributed by atoms with Crippen molar-refractivity contribution in [1.29, 1.82) is 0 Å². The summed E-state index contributed by atoms with van der Waals surface area (Å²) in [5.41, 5.74) is 0. The van der Waals surface area contributed by atoms with Crippen LogP contribution in [0.25, 0.3) is 10.1 Å². The van der Waals surface area contributed by atoms with E-state index in [9.17, 15) is 27.2 Å². The molecule has 13 heteroatoms. The fourth-order valence-electron chi connectivity index (χ4n) is 3.80. The van der Waals surface area contributed by atoms with Crippen molar-refractivity contribution in [2.75, 3.05) is 13.7 Å². The average Bonchev–Trinajstić information content (AvgIpc) is 3.31. The molecule has 9 nitrogen and oxygen atoms in total. The third kappa shape index (κ3) is 8.21. The third-order valence-electron chi connectivity index (χ3n) is 5.68. The molecule has 1 aromatic heterocycles. The van der Waals surface area contributed by atoms with Crippen molar-refractivity contribution < 1.29 is 31.9 Å². The lowest BCUT2D eigenvalue weighted by Gasteiger charge is -2.21. The van der Waals surface area contributed by atoms with Crippen LogP contribution in [0.2, 0.25) is 5.02 Å². The van der Waals surface area contributed by atoms with Crippen LogP contribution in [0.15, 0.2) is 53.4 Å². The van der Waals surface area contributed by atoms with Crippen LogP contribution in [0.1, 0.15) is 36.4 Å². The van der Waals surface area contributed by atoms with E-state index in [2.05, 4.69) is 15.4 Å². The van der Waals surface area contributed by atoms with Gasteiger partial charge in [-0.1, -0.05) is 43.6 Å². The number of methoxy groups -OCH3 is 1. The maximum atomic E-state index is 13.4. The Bertz CT molecular complexity index is 1430. The molecule has 1 heterocycles. The summed E-state index contributed by atoms with van der Waals surface area (Å²) in [4.78, 5) is 38.2. The van der Waals surface area contributed by atoms with Crippen LogP contribution in [0.3, 0.4) is 0 Å². The number of thiophene rings is 1. The fourth-order valence-corrected chi connectivity index (χ4v) is 6.52. The van der Waals surface area contributed by atoms with Crippen molar-refractivity contribution in [2.24, 2.45) is 5.92 Å². The van der Waals surface area contributed by atoms with Crippen LogP contribution in [0.5, 0.6) is 0 Å². The quantitative estimate of drug-likeness (QED) is 0.272. The lowest BCUT2D eigenvalue weighted by Crippen LogP contribution is -2.49. The number of hydrogen-bond acceptors (Lipinski definition) is 7. The number of esters is 1.